The third kappa shape index (κ3) is 5.74. The Bertz CT molecular complexity index is 4260. The number of nitrogens with zero attached hydrogens (tertiary/aromatic N) is 4. The zero-order chi connectivity index (χ0) is 50.0. The minimum absolute atomic E-state index is 0.00101. The van der Waals surface area contributed by atoms with Crippen molar-refractivity contribution in [1.82, 2.24) is 13.5 Å². The van der Waals surface area contributed by atoms with Crippen molar-refractivity contribution < 1.29 is 4.57 Å². The summed E-state index contributed by atoms with van der Waals surface area (Å²) in [5.41, 5.74) is 25.9. The first kappa shape index (κ1) is 43.7. The van der Waals surface area contributed by atoms with Gasteiger partial charge in [-0.3, -0.25) is 0 Å². The second kappa shape index (κ2) is 13.9. The topological polar surface area (TPSA) is 18.1 Å². The molecule has 72 heavy (non-hydrogen) atoms. The van der Waals surface area contributed by atoms with Crippen LogP contribution >= 0.6 is 0 Å². The van der Waals surface area contributed by atoms with Crippen LogP contribution in [0.3, 0.4) is 0 Å². The van der Waals surface area contributed by atoms with E-state index in [0.29, 0.717) is 0 Å². The molecule has 0 aliphatic carbocycles. The molecule has 2 aliphatic rings. The molecule has 0 radical (unpaired) electrons. The summed E-state index contributed by atoms with van der Waals surface area (Å²) >= 11 is 0. The maximum absolute atomic E-state index is 2.67. The highest BCUT2D eigenvalue weighted by atomic mass is 15.1. The molecule has 0 N–H and O–H groups in total. The van der Waals surface area contributed by atoms with Crippen molar-refractivity contribution in [3.05, 3.63) is 161 Å². The fourth-order valence-corrected chi connectivity index (χ4v) is 13.2. The predicted octanol–water partition coefficient (Wildman–Crippen LogP) is 14.7. The Morgan fingerprint density at radius 1 is 0.417 bits per heavy atom. The van der Waals surface area contributed by atoms with Gasteiger partial charge in [0.1, 0.15) is 5.52 Å². The minimum Gasteiger partial charge on any atom is -0.310 e. The molecule has 0 bridgehead atoms. The van der Waals surface area contributed by atoms with Gasteiger partial charge in [0, 0.05) is 54.7 Å². The Hall–Kier alpha value is -7.11. The Labute approximate surface area is 423 Å². The molecule has 0 fully saturated rings. The average Bonchev–Trinajstić information content (AvgIpc) is 3.95. The highest BCUT2D eigenvalue weighted by molar-refractivity contribution is 7.00. The normalized spacial score (nSPS) is 13.9. The second-order valence-corrected chi connectivity index (χ2v) is 25.9. The molecule has 5 heteroatoms. The van der Waals surface area contributed by atoms with Gasteiger partial charge in [-0.2, -0.15) is 4.40 Å². The molecule has 8 aromatic carbocycles. The molecule has 12 aromatic rings. The van der Waals surface area contributed by atoms with Gasteiger partial charge in [0.05, 0.1) is 23.5 Å². The molecule has 0 unspecified atom stereocenters. The van der Waals surface area contributed by atoms with Crippen molar-refractivity contribution in [2.45, 2.75) is 112 Å². The van der Waals surface area contributed by atoms with Crippen molar-refractivity contribution in [2.75, 3.05) is 0 Å². The molecule has 6 heterocycles. The van der Waals surface area contributed by atoms with Gasteiger partial charge in [-0.05, 0) is 157 Å². The van der Waals surface area contributed by atoms with Crippen LogP contribution in [-0.4, -0.2) is 20.2 Å². The fourth-order valence-electron chi connectivity index (χ4n) is 13.2. The molecule has 0 atom stereocenters. The molecule has 0 saturated heterocycles. The van der Waals surface area contributed by atoms with Crippen LogP contribution in [0.2, 0.25) is 0 Å². The van der Waals surface area contributed by atoms with Crippen molar-refractivity contribution in [1.29, 1.82) is 0 Å². The van der Waals surface area contributed by atoms with Gasteiger partial charge in [0.25, 0.3) is 12.4 Å². The van der Waals surface area contributed by atoms with Crippen LogP contribution < -0.4 is 21.0 Å². The summed E-state index contributed by atoms with van der Waals surface area (Å²) in [6.07, 6.45) is 0. The summed E-state index contributed by atoms with van der Waals surface area (Å²) in [5, 5.41) is 9.22. The number of aryl methyl sites for hydroxylation is 2. The molecule has 0 amide bonds. The minimum atomic E-state index is -0.0587. The van der Waals surface area contributed by atoms with E-state index in [2.05, 4.69) is 249 Å². The van der Waals surface area contributed by atoms with Crippen LogP contribution in [0.25, 0.3) is 104 Å². The van der Waals surface area contributed by atoms with Crippen LogP contribution in [0, 0.1) is 6.92 Å². The lowest BCUT2D eigenvalue weighted by atomic mass is 9.34. The number of benzene rings is 8. The van der Waals surface area contributed by atoms with Crippen molar-refractivity contribution in [2.24, 2.45) is 7.05 Å². The number of pyridine rings is 1. The van der Waals surface area contributed by atoms with Crippen LogP contribution in [0.5, 0.6) is 0 Å². The van der Waals surface area contributed by atoms with E-state index in [9.17, 15) is 0 Å². The Morgan fingerprint density at radius 3 is 1.49 bits per heavy atom. The molecule has 0 saturated carbocycles. The number of aromatic nitrogens is 4. The number of rotatable bonds is 1. The molecule has 2 aliphatic heterocycles. The Morgan fingerprint density at radius 2 is 0.944 bits per heavy atom. The number of hydrogen-bond acceptors (Lipinski definition) is 0. The second-order valence-electron chi connectivity index (χ2n) is 25.9. The number of fused-ring (bicyclic) bond motifs is 18. The largest absolute Gasteiger partial charge is 0.310 e. The van der Waals surface area contributed by atoms with E-state index in [1.54, 1.807) is 0 Å². The molecule has 354 valence electrons. The lowest BCUT2D eigenvalue weighted by Crippen LogP contribution is -2.59. The first-order valence-corrected chi connectivity index (χ1v) is 26.3. The number of para-hydroxylation sites is 2. The molecule has 14 rings (SSSR count). The fraction of sp³-hybridized carbons (Fsp3) is 0.269. The summed E-state index contributed by atoms with van der Waals surface area (Å²) in [7, 11) is 2.23. The Kier molecular flexibility index (Phi) is 8.42. The van der Waals surface area contributed by atoms with E-state index >= 15 is 0 Å². The van der Waals surface area contributed by atoms with E-state index in [-0.39, 0.29) is 28.4 Å². The van der Waals surface area contributed by atoms with Crippen LogP contribution in [-0.2, 0) is 28.7 Å². The summed E-state index contributed by atoms with van der Waals surface area (Å²) < 4.78 is 10.3. The summed E-state index contributed by atoms with van der Waals surface area (Å²) in [5.74, 6) is 0. The number of imidazole rings is 1. The first-order valence-electron chi connectivity index (χ1n) is 26.3. The van der Waals surface area contributed by atoms with E-state index in [1.807, 2.05) is 0 Å². The Balaban J connectivity index is 1.18. The van der Waals surface area contributed by atoms with Crippen molar-refractivity contribution in [3.8, 4) is 22.5 Å². The van der Waals surface area contributed by atoms with Crippen molar-refractivity contribution >= 4 is 105 Å². The van der Waals surface area contributed by atoms with E-state index in [4.69, 9.17) is 0 Å². The van der Waals surface area contributed by atoms with Crippen LogP contribution in [0.1, 0.15) is 111 Å². The van der Waals surface area contributed by atoms with Gasteiger partial charge in [-0.25, -0.2) is 4.57 Å². The van der Waals surface area contributed by atoms with Gasteiger partial charge in [0.2, 0.25) is 0 Å². The summed E-state index contributed by atoms with van der Waals surface area (Å²) in [4.78, 5) is 0. The molecule has 4 nitrogen and oxygen atoms in total. The monoisotopic (exact) mass is 936 g/mol. The highest BCUT2D eigenvalue weighted by Crippen LogP contribution is 2.45. The van der Waals surface area contributed by atoms with Crippen LogP contribution in [0.4, 0.5) is 0 Å². The van der Waals surface area contributed by atoms with E-state index in [0.717, 1.165) is 0 Å². The third-order valence-corrected chi connectivity index (χ3v) is 17.1. The maximum atomic E-state index is 2.67. The van der Waals surface area contributed by atoms with E-state index < -0.39 is 0 Å². The van der Waals surface area contributed by atoms with E-state index in [1.165, 1.54) is 149 Å². The van der Waals surface area contributed by atoms with Gasteiger partial charge in [-0.15, -0.1) is 0 Å². The van der Waals surface area contributed by atoms with Gasteiger partial charge in [-0.1, -0.05) is 144 Å². The van der Waals surface area contributed by atoms with Gasteiger partial charge >= 0.3 is 0 Å². The summed E-state index contributed by atoms with van der Waals surface area (Å²) in [6, 6.07) is 53.0. The lowest BCUT2D eigenvalue weighted by Gasteiger charge is -2.36. The lowest BCUT2D eigenvalue weighted by molar-refractivity contribution is -0.617. The maximum Gasteiger partial charge on any atom is 0.295 e. The average molecular weight is 936 g/mol. The highest BCUT2D eigenvalue weighted by Gasteiger charge is 2.43. The molecule has 4 aromatic heterocycles. The van der Waals surface area contributed by atoms with Gasteiger partial charge < -0.3 is 9.13 Å². The quantitative estimate of drug-likeness (QED) is 0.0887. The standard InChI is InChI=1S/C67H64BN4/c1-37-18-17-19-45-44-25-22-38(28-56(44)72-55-21-16-15-20-54(55)69(14)63(72)59(37)45)39-29-57-60-58(30-39)71-53-27-24-41(65(5,6)7)32-47(53)49-34-43(67(11,12)13)36-51(62(49)71)68(60)50-35-42(66(8,9)10)33-48-46-31-40(64(2,3)4)23-26-52(46)70(57)61(48)50/h15-36H,1-14H3/q+1. The zero-order valence-corrected chi connectivity index (χ0v) is 44.6. The predicted molar refractivity (Wildman–Crippen MR) is 309 cm³/mol. The molecular formula is C67H64BN4+. The molecular weight excluding hydrogens is 872 g/mol. The van der Waals surface area contributed by atoms with Gasteiger partial charge in [0.15, 0.2) is 11.0 Å². The third-order valence-electron chi connectivity index (χ3n) is 17.1. The zero-order valence-electron chi connectivity index (χ0n) is 44.6. The smallest absolute Gasteiger partial charge is 0.295 e. The van der Waals surface area contributed by atoms with Crippen molar-refractivity contribution in [3.63, 3.8) is 0 Å². The first-order chi connectivity index (χ1) is 34.1. The van der Waals surface area contributed by atoms with Crippen LogP contribution in [0.15, 0.2) is 133 Å². The SMILES string of the molecule is Cc1cccc2c3ccc(-c4cc5c6c(c4)-n4c7ccc(C(C)(C)C)cc7c7cc(C(C)(C)C)cc(c74)B6c4cc(C(C)(C)C)cc6c7cc(C(C)(C)C)ccc7n-5c46)cc3n3c4ccccc4[n+](C)c3c12. The number of hydrogen-bond donors (Lipinski definition) is 0. The summed E-state index contributed by atoms with van der Waals surface area (Å²) in [6.45, 7) is 30.7. The molecule has 0 spiro atoms.